The van der Waals surface area contributed by atoms with Gasteiger partial charge in [0.2, 0.25) is 0 Å². The molecule has 0 aliphatic heterocycles. The second kappa shape index (κ2) is 11.3. The summed E-state index contributed by atoms with van der Waals surface area (Å²) in [6.45, 7) is 0. The van der Waals surface area contributed by atoms with E-state index in [4.69, 9.17) is 23.8 Å². The van der Waals surface area contributed by atoms with Crippen molar-refractivity contribution in [3.63, 3.8) is 0 Å². The average Bonchev–Trinajstić information content (AvgIpc) is 3.79. The number of fused-ring (bicyclic) bond motifs is 9. The first kappa shape index (κ1) is 28.9. The summed E-state index contributed by atoms with van der Waals surface area (Å²) in [6.07, 6.45) is 9.34. The molecule has 1 aliphatic carbocycles. The number of hydrogen-bond donors (Lipinski definition) is 0. The van der Waals surface area contributed by atoms with Crippen molar-refractivity contribution in [1.29, 1.82) is 0 Å². The van der Waals surface area contributed by atoms with E-state index in [2.05, 4.69) is 127 Å². The zero-order chi connectivity index (χ0) is 34.2. The maximum Gasteiger partial charge on any atom is 0.164 e. The molecule has 11 rings (SSSR count). The van der Waals surface area contributed by atoms with Gasteiger partial charge in [-0.3, -0.25) is 0 Å². The Bertz CT molecular complexity index is 3130. The molecule has 0 saturated carbocycles. The first-order valence-corrected chi connectivity index (χ1v) is 17.6. The van der Waals surface area contributed by atoms with E-state index in [0.29, 0.717) is 11.6 Å². The van der Waals surface area contributed by atoms with E-state index in [-0.39, 0.29) is 5.92 Å². The molecule has 0 fully saturated rings. The fourth-order valence-electron chi connectivity index (χ4n) is 7.88. The van der Waals surface area contributed by atoms with Crippen molar-refractivity contribution in [2.24, 2.45) is 0 Å². The van der Waals surface area contributed by atoms with Crippen molar-refractivity contribution in [1.82, 2.24) is 15.0 Å². The van der Waals surface area contributed by atoms with Crippen LogP contribution in [0.25, 0.3) is 99.3 Å². The molecule has 10 aromatic rings. The Kier molecular flexibility index (Phi) is 6.31. The van der Waals surface area contributed by atoms with Crippen molar-refractivity contribution in [2.45, 2.75) is 12.3 Å². The van der Waals surface area contributed by atoms with Gasteiger partial charge in [0.25, 0.3) is 0 Å². The normalized spacial score (nSPS) is 14.5. The Labute approximate surface area is 298 Å². The number of rotatable bonds is 4. The molecular weight excluding hydrogens is 639 g/mol. The third-order valence-corrected chi connectivity index (χ3v) is 10.4. The van der Waals surface area contributed by atoms with Gasteiger partial charge in [-0.1, -0.05) is 127 Å². The van der Waals surface area contributed by atoms with Gasteiger partial charge >= 0.3 is 0 Å². The summed E-state index contributed by atoms with van der Waals surface area (Å²) in [5.74, 6) is 2.09. The zero-order valence-corrected chi connectivity index (χ0v) is 28.0. The number of para-hydroxylation sites is 2. The smallest absolute Gasteiger partial charge is 0.164 e. The third-order valence-electron chi connectivity index (χ3n) is 10.4. The van der Waals surface area contributed by atoms with E-state index in [0.717, 1.165) is 78.4 Å². The molecular formula is C47H29N3O2. The summed E-state index contributed by atoms with van der Waals surface area (Å²) in [5, 5.41) is 8.98. The Balaban J connectivity index is 1.09. The highest BCUT2D eigenvalue weighted by Gasteiger charge is 2.21. The van der Waals surface area contributed by atoms with E-state index >= 15 is 0 Å². The van der Waals surface area contributed by atoms with E-state index in [1.807, 2.05) is 30.3 Å². The predicted octanol–water partition coefficient (Wildman–Crippen LogP) is 12.6. The first-order valence-electron chi connectivity index (χ1n) is 17.6. The van der Waals surface area contributed by atoms with Crippen LogP contribution in [0.2, 0.25) is 0 Å². The minimum Gasteiger partial charge on any atom is -0.456 e. The monoisotopic (exact) mass is 667 g/mol. The third kappa shape index (κ3) is 4.53. The van der Waals surface area contributed by atoms with Crippen LogP contribution in [0.15, 0.2) is 167 Å². The topological polar surface area (TPSA) is 65.0 Å². The molecule has 5 heteroatoms. The lowest BCUT2D eigenvalue weighted by Crippen LogP contribution is -2.08. The van der Waals surface area contributed by atoms with E-state index in [1.54, 1.807) is 0 Å². The molecule has 3 heterocycles. The standard InChI is InChI=1S/C47H29N3O2/c1-2-11-30(12-3-1)45-48-46(32-23-22-29-21-20-28-10-4-5-13-33(28)39(29)26-32)50-47(49-45)38-17-9-19-41-43(38)37-25-24-31(27-42(37)51-41)34-15-8-16-36-35-14-6-7-18-40(35)52-44(34)36/h1-11,13-27,30H,12H2. The fraction of sp³-hybridized carbons (Fsp3) is 0.0426. The second-order valence-electron chi connectivity index (χ2n) is 13.5. The van der Waals surface area contributed by atoms with Crippen molar-refractivity contribution < 1.29 is 8.83 Å². The number of benzene rings is 7. The molecule has 1 aliphatic rings. The van der Waals surface area contributed by atoms with Crippen molar-refractivity contribution >= 4 is 65.4 Å². The van der Waals surface area contributed by atoms with Crippen LogP contribution in [0, 0.1) is 0 Å². The molecule has 1 unspecified atom stereocenters. The van der Waals surface area contributed by atoms with Gasteiger partial charge in [0.15, 0.2) is 11.6 Å². The van der Waals surface area contributed by atoms with Crippen LogP contribution in [0.1, 0.15) is 18.2 Å². The predicted molar refractivity (Wildman–Crippen MR) is 211 cm³/mol. The van der Waals surface area contributed by atoms with E-state index < -0.39 is 0 Å². The van der Waals surface area contributed by atoms with Crippen LogP contribution < -0.4 is 0 Å². The van der Waals surface area contributed by atoms with Crippen LogP contribution in [0.3, 0.4) is 0 Å². The van der Waals surface area contributed by atoms with Gasteiger partial charge in [-0.2, -0.15) is 0 Å². The molecule has 244 valence electrons. The summed E-state index contributed by atoms with van der Waals surface area (Å²) >= 11 is 0. The molecule has 0 saturated heterocycles. The lowest BCUT2D eigenvalue weighted by molar-refractivity contribution is 0.668. The molecule has 0 amide bonds. The van der Waals surface area contributed by atoms with E-state index in [9.17, 15) is 0 Å². The van der Waals surface area contributed by atoms with Gasteiger partial charge < -0.3 is 8.83 Å². The molecule has 0 N–H and O–H groups in total. The lowest BCUT2D eigenvalue weighted by Gasteiger charge is -2.15. The molecule has 1 atom stereocenters. The highest BCUT2D eigenvalue weighted by Crippen LogP contribution is 2.41. The first-order chi connectivity index (χ1) is 25.7. The van der Waals surface area contributed by atoms with Crippen LogP contribution in [0.4, 0.5) is 0 Å². The van der Waals surface area contributed by atoms with Crippen molar-refractivity contribution in [3.8, 4) is 33.9 Å². The Hall–Kier alpha value is -6.85. The summed E-state index contributed by atoms with van der Waals surface area (Å²) in [4.78, 5) is 15.5. The minimum atomic E-state index is 0.0515. The highest BCUT2D eigenvalue weighted by molar-refractivity contribution is 6.14. The quantitative estimate of drug-likeness (QED) is 0.175. The summed E-state index contributed by atoms with van der Waals surface area (Å²) in [5.41, 5.74) is 7.26. The van der Waals surface area contributed by atoms with Crippen LogP contribution in [-0.2, 0) is 0 Å². The SMILES string of the molecule is C1=CCC(c2nc(-c3ccc4ccc5ccccc5c4c3)nc(-c3cccc4oc5cc(-c6cccc7c6oc6ccccc67)ccc5c34)n2)C=C1. The van der Waals surface area contributed by atoms with Gasteiger partial charge in [-0.15, -0.1) is 0 Å². The average molecular weight is 668 g/mol. The number of nitrogens with zero attached hydrogens (tertiary/aromatic N) is 3. The lowest BCUT2D eigenvalue weighted by atomic mass is 9.98. The Morgan fingerprint density at radius 1 is 0.481 bits per heavy atom. The van der Waals surface area contributed by atoms with Gasteiger partial charge in [-0.05, 0) is 63.9 Å². The highest BCUT2D eigenvalue weighted by atomic mass is 16.3. The van der Waals surface area contributed by atoms with Crippen LogP contribution in [0.5, 0.6) is 0 Å². The largest absolute Gasteiger partial charge is 0.456 e. The fourth-order valence-corrected chi connectivity index (χ4v) is 7.88. The molecule has 52 heavy (non-hydrogen) atoms. The maximum absolute atomic E-state index is 6.58. The van der Waals surface area contributed by atoms with Crippen molar-refractivity contribution in [3.05, 3.63) is 164 Å². The number of hydrogen-bond acceptors (Lipinski definition) is 5. The van der Waals surface area contributed by atoms with Crippen molar-refractivity contribution in [2.75, 3.05) is 0 Å². The summed E-state index contributed by atoms with van der Waals surface area (Å²) in [7, 11) is 0. The molecule has 7 aromatic carbocycles. The van der Waals surface area contributed by atoms with Gasteiger partial charge in [-0.25, -0.2) is 15.0 Å². The molecule has 0 spiro atoms. The minimum absolute atomic E-state index is 0.0515. The molecule has 0 bridgehead atoms. The van der Waals surface area contributed by atoms with Gasteiger partial charge in [0.05, 0.1) is 0 Å². The summed E-state index contributed by atoms with van der Waals surface area (Å²) in [6, 6.07) is 46.4. The number of furan rings is 2. The molecule has 0 radical (unpaired) electrons. The molecule has 5 nitrogen and oxygen atoms in total. The number of allylic oxidation sites excluding steroid dienone is 4. The maximum atomic E-state index is 6.58. The molecule has 3 aromatic heterocycles. The second-order valence-corrected chi connectivity index (χ2v) is 13.5. The Morgan fingerprint density at radius 3 is 2.15 bits per heavy atom. The zero-order valence-electron chi connectivity index (χ0n) is 28.0. The summed E-state index contributed by atoms with van der Waals surface area (Å²) < 4.78 is 13.0. The van der Waals surface area contributed by atoms with Crippen LogP contribution >= 0.6 is 0 Å². The van der Waals surface area contributed by atoms with Crippen LogP contribution in [-0.4, -0.2) is 15.0 Å². The van der Waals surface area contributed by atoms with Gasteiger partial charge in [0, 0.05) is 44.2 Å². The number of aromatic nitrogens is 3. The van der Waals surface area contributed by atoms with E-state index in [1.165, 1.54) is 21.5 Å². The Morgan fingerprint density at radius 2 is 1.23 bits per heavy atom. The van der Waals surface area contributed by atoms with Gasteiger partial charge in [0.1, 0.15) is 28.2 Å².